The SMILES string of the molecule is CC(C)[C@H](NS(=O)(=O)c1ccccc1F)C(=O)N1CCC(CNC(=O)c2cnn(C)c2)CC1. The molecule has 1 atom stereocenters. The molecule has 2 N–H and O–H groups in total. The second-order valence-electron chi connectivity index (χ2n) is 8.65. The van der Waals surface area contributed by atoms with E-state index in [1.807, 2.05) is 0 Å². The van der Waals surface area contributed by atoms with Gasteiger partial charge in [0.15, 0.2) is 0 Å². The molecule has 1 aliphatic rings. The van der Waals surface area contributed by atoms with Crippen LogP contribution in [0, 0.1) is 17.7 Å². The van der Waals surface area contributed by atoms with Crippen LogP contribution in [-0.4, -0.2) is 60.6 Å². The third-order valence-corrected chi connectivity index (χ3v) is 7.26. The summed E-state index contributed by atoms with van der Waals surface area (Å²) in [5.41, 5.74) is 0.493. The van der Waals surface area contributed by atoms with Crippen molar-refractivity contribution < 1.29 is 22.4 Å². The highest BCUT2D eigenvalue weighted by atomic mass is 32.2. The molecule has 2 aromatic rings. The normalized spacial score (nSPS) is 16.1. The molecule has 0 saturated carbocycles. The Morgan fingerprint density at radius 2 is 1.88 bits per heavy atom. The number of aryl methyl sites for hydroxylation is 1. The number of hydrogen-bond acceptors (Lipinski definition) is 5. The van der Waals surface area contributed by atoms with Crippen LogP contribution >= 0.6 is 0 Å². The predicted octanol–water partition coefficient (Wildman–Crippen LogP) is 1.53. The van der Waals surface area contributed by atoms with Crippen molar-refractivity contribution in [2.75, 3.05) is 19.6 Å². The molecule has 3 rings (SSSR count). The van der Waals surface area contributed by atoms with E-state index in [1.54, 1.807) is 36.7 Å². The zero-order valence-corrected chi connectivity index (χ0v) is 19.8. The van der Waals surface area contributed by atoms with E-state index in [4.69, 9.17) is 0 Å². The summed E-state index contributed by atoms with van der Waals surface area (Å²) >= 11 is 0. The van der Waals surface area contributed by atoms with Gasteiger partial charge in [-0.1, -0.05) is 26.0 Å². The molecule has 1 aliphatic heterocycles. The minimum Gasteiger partial charge on any atom is -0.352 e. The maximum atomic E-state index is 14.0. The standard InChI is InChI=1S/C22H30FN5O4S/c1-15(2)20(26-33(31,32)19-7-5-4-6-18(19)23)22(30)28-10-8-16(9-11-28)12-24-21(29)17-13-25-27(3)14-17/h4-7,13-16,20,26H,8-12H2,1-3H3,(H,24,29)/t20-/m0/s1. The van der Waals surface area contributed by atoms with Crippen LogP contribution in [0.5, 0.6) is 0 Å². The Hall–Kier alpha value is -2.79. The number of amides is 2. The molecule has 0 spiro atoms. The topological polar surface area (TPSA) is 113 Å². The molecule has 2 amide bonds. The van der Waals surface area contributed by atoms with E-state index in [9.17, 15) is 22.4 Å². The van der Waals surface area contributed by atoms with E-state index >= 15 is 0 Å². The fourth-order valence-electron chi connectivity index (χ4n) is 3.80. The highest BCUT2D eigenvalue weighted by Crippen LogP contribution is 2.21. The number of benzene rings is 1. The van der Waals surface area contributed by atoms with Crippen molar-refractivity contribution in [3.63, 3.8) is 0 Å². The Bertz CT molecular complexity index is 1090. The maximum Gasteiger partial charge on any atom is 0.254 e. The molecule has 9 nitrogen and oxygen atoms in total. The zero-order valence-electron chi connectivity index (χ0n) is 19.0. The van der Waals surface area contributed by atoms with Gasteiger partial charge in [-0.3, -0.25) is 14.3 Å². The van der Waals surface area contributed by atoms with E-state index in [-0.39, 0.29) is 23.7 Å². The van der Waals surface area contributed by atoms with Crippen molar-refractivity contribution in [2.45, 2.75) is 37.6 Å². The predicted molar refractivity (Wildman–Crippen MR) is 120 cm³/mol. The third kappa shape index (κ3) is 6.17. The molecular formula is C22H30FN5O4S. The molecule has 11 heteroatoms. The van der Waals surface area contributed by atoms with Crippen molar-refractivity contribution in [1.82, 2.24) is 24.7 Å². The van der Waals surface area contributed by atoms with Crippen molar-refractivity contribution >= 4 is 21.8 Å². The Labute approximate surface area is 193 Å². The summed E-state index contributed by atoms with van der Waals surface area (Å²) in [6.07, 6.45) is 4.52. The van der Waals surface area contributed by atoms with Crippen LogP contribution in [-0.2, 0) is 21.9 Å². The summed E-state index contributed by atoms with van der Waals surface area (Å²) < 4.78 is 43.4. The molecule has 1 aromatic heterocycles. The number of hydrogen-bond donors (Lipinski definition) is 2. The van der Waals surface area contributed by atoms with Crippen LogP contribution in [0.4, 0.5) is 4.39 Å². The van der Waals surface area contributed by atoms with E-state index < -0.39 is 26.8 Å². The van der Waals surface area contributed by atoms with Gasteiger partial charge in [0.2, 0.25) is 15.9 Å². The number of piperidine rings is 1. The molecule has 0 unspecified atom stereocenters. The highest BCUT2D eigenvalue weighted by molar-refractivity contribution is 7.89. The smallest absolute Gasteiger partial charge is 0.254 e. The molecule has 0 radical (unpaired) electrons. The Balaban J connectivity index is 1.56. The Kier molecular flexibility index (Phi) is 7.85. The fraction of sp³-hybridized carbons (Fsp3) is 0.500. The largest absolute Gasteiger partial charge is 0.352 e. The van der Waals surface area contributed by atoms with Crippen LogP contribution < -0.4 is 10.0 Å². The summed E-state index contributed by atoms with van der Waals surface area (Å²) in [7, 11) is -2.46. The van der Waals surface area contributed by atoms with Gasteiger partial charge in [-0.2, -0.15) is 9.82 Å². The van der Waals surface area contributed by atoms with Crippen LogP contribution in [0.3, 0.4) is 0 Å². The first kappa shape index (κ1) is 24.8. The number of carbonyl (C=O) groups excluding carboxylic acids is 2. The van der Waals surface area contributed by atoms with Crippen molar-refractivity contribution in [3.8, 4) is 0 Å². The zero-order chi connectivity index (χ0) is 24.2. The number of carbonyl (C=O) groups is 2. The number of rotatable bonds is 8. The average Bonchev–Trinajstić information content (AvgIpc) is 3.22. The number of sulfonamides is 1. The second kappa shape index (κ2) is 10.4. The number of likely N-dealkylation sites (tertiary alicyclic amines) is 1. The van der Waals surface area contributed by atoms with Gasteiger partial charge in [-0.05, 0) is 36.8 Å². The van der Waals surface area contributed by atoms with Gasteiger partial charge in [-0.25, -0.2) is 12.8 Å². The summed E-state index contributed by atoms with van der Waals surface area (Å²) in [6, 6.07) is 4.07. The Morgan fingerprint density at radius 1 is 1.21 bits per heavy atom. The summed E-state index contributed by atoms with van der Waals surface area (Å²) in [4.78, 5) is 26.5. The summed E-state index contributed by atoms with van der Waals surface area (Å²) in [5, 5.41) is 6.88. The molecule has 180 valence electrons. The van der Waals surface area contributed by atoms with Crippen LogP contribution in [0.15, 0.2) is 41.6 Å². The van der Waals surface area contributed by atoms with E-state index in [2.05, 4.69) is 15.1 Å². The van der Waals surface area contributed by atoms with Crippen molar-refractivity contribution in [3.05, 3.63) is 48.0 Å². The molecule has 1 saturated heterocycles. The minimum atomic E-state index is -4.20. The molecule has 0 aliphatic carbocycles. The lowest BCUT2D eigenvalue weighted by Crippen LogP contribution is -2.53. The number of halogens is 1. The van der Waals surface area contributed by atoms with E-state index in [0.29, 0.717) is 38.0 Å². The quantitative estimate of drug-likeness (QED) is 0.596. The van der Waals surface area contributed by atoms with Crippen molar-refractivity contribution in [1.29, 1.82) is 0 Å². The van der Waals surface area contributed by atoms with Gasteiger partial charge in [0.1, 0.15) is 16.8 Å². The molecule has 0 bridgehead atoms. The first-order valence-corrected chi connectivity index (χ1v) is 12.4. The number of aromatic nitrogens is 2. The first-order chi connectivity index (χ1) is 15.6. The fourth-order valence-corrected chi connectivity index (χ4v) is 5.21. The minimum absolute atomic E-state index is 0.191. The molecule has 1 fully saturated rings. The first-order valence-electron chi connectivity index (χ1n) is 10.9. The van der Waals surface area contributed by atoms with Gasteiger partial charge in [0, 0.05) is 32.9 Å². The lowest BCUT2D eigenvalue weighted by Gasteiger charge is -2.35. The van der Waals surface area contributed by atoms with E-state index in [1.165, 1.54) is 24.4 Å². The molecular weight excluding hydrogens is 449 g/mol. The van der Waals surface area contributed by atoms with Crippen LogP contribution in [0.2, 0.25) is 0 Å². The van der Waals surface area contributed by atoms with Crippen molar-refractivity contribution in [2.24, 2.45) is 18.9 Å². The van der Waals surface area contributed by atoms with E-state index in [0.717, 1.165) is 6.07 Å². The van der Waals surface area contributed by atoms with Crippen LogP contribution in [0.1, 0.15) is 37.0 Å². The lowest BCUT2D eigenvalue weighted by atomic mass is 9.95. The number of nitrogens with zero attached hydrogens (tertiary/aromatic N) is 3. The highest BCUT2D eigenvalue weighted by Gasteiger charge is 2.34. The Morgan fingerprint density at radius 3 is 2.45 bits per heavy atom. The number of nitrogens with one attached hydrogen (secondary N) is 2. The monoisotopic (exact) mass is 479 g/mol. The summed E-state index contributed by atoms with van der Waals surface area (Å²) in [6.45, 7) is 4.89. The maximum absolute atomic E-state index is 14.0. The van der Waals surface area contributed by atoms with Gasteiger partial charge >= 0.3 is 0 Å². The second-order valence-corrected chi connectivity index (χ2v) is 10.3. The average molecular weight is 480 g/mol. The van der Waals surface area contributed by atoms with Gasteiger partial charge in [0.25, 0.3) is 5.91 Å². The molecule has 33 heavy (non-hydrogen) atoms. The van der Waals surface area contributed by atoms with Gasteiger partial charge < -0.3 is 10.2 Å². The summed E-state index contributed by atoms with van der Waals surface area (Å²) in [5.74, 6) is -1.50. The molecule has 2 heterocycles. The van der Waals surface area contributed by atoms with Gasteiger partial charge in [-0.15, -0.1) is 0 Å². The third-order valence-electron chi connectivity index (χ3n) is 5.79. The van der Waals surface area contributed by atoms with Gasteiger partial charge in [0.05, 0.1) is 11.8 Å². The molecule has 1 aromatic carbocycles. The van der Waals surface area contributed by atoms with Crippen LogP contribution in [0.25, 0.3) is 0 Å². The lowest BCUT2D eigenvalue weighted by molar-refractivity contribution is -0.135.